The van der Waals surface area contributed by atoms with Crippen LogP contribution in [0.2, 0.25) is 0 Å². The average Bonchev–Trinajstić information content (AvgIpc) is 2.20. The van der Waals surface area contributed by atoms with Gasteiger partial charge >= 0.3 is 0 Å². The molecule has 0 saturated heterocycles. The van der Waals surface area contributed by atoms with Crippen molar-refractivity contribution in [3.8, 4) is 11.5 Å². The van der Waals surface area contributed by atoms with Gasteiger partial charge in [-0.25, -0.2) is 5.10 Å². The lowest BCUT2D eigenvalue weighted by Crippen LogP contribution is -2.07. The van der Waals surface area contributed by atoms with Gasteiger partial charge in [-0.1, -0.05) is 0 Å². The molecule has 0 bridgehead atoms. The molecular formula is C9H8N2O3. The highest BCUT2D eigenvalue weighted by Crippen LogP contribution is 2.31. The molecule has 0 aliphatic carbocycles. The van der Waals surface area contributed by atoms with Crippen molar-refractivity contribution >= 4 is 10.8 Å². The summed E-state index contributed by atoms with van der Waals surface area (Å²) in [5.74, 6) is 0.258. The Morgan fingerprint density at radius 3 is 2.93 bits per heavy atom. The first-order chi connectivity index (χ1) is 6.74. The minimum Gasteiger partial charge on any atom is -0.504 e. The normalized spacial score (nSPS) is 10.4. The molecule has 2 N–H and O–H groups in total. The molecule has 0 aliphatic heterocycles. The number of ether oxygens (including phenoxy) is 1. The fourth-order valence-electron chi connectivity index (χ4n) is 1.30. The number of aromatic amines is 1. The van der Waals surface area contributed by atoms with Gasteiger partial charge in [-0.3, -0.25) is 4.79 Å². The quantitative estimate of drug-likeness (QED) is 0.695. The molecule has 2 aromatic rings. The number of hydrogen-bond donors (Lipinski definition) is 2. The maximum absolute atomic E-state index is 11.3. The molecule has 1 heterocycles. The van der Waals surface area contributed by atoms with E-state index in [0.717, 1.165) is 0 Å². The highest BCUT2D eigenvalue weighted by molar-refractivity contribution is 5.88. The number of rotatable bonds is 1. The van der Waals surface area contributed by atoms with Crippen LogP contribution < -0.4 is 10.3 Å². The van der Waals surface area contributed by atoms with Crippen LogP contribution in [0, 0.1) is 0 Å². The molecule has 14 heavy (non-hydrogen) atoms. The monoisotopic (exact) mass is 192 g/mol. The Hall–Kier alpha value is -2.04. The van der Waals surface area contributed by atoms with Crippen LogP contribution in [0.3, 0.4) is 0 Å². The molecule has 0 saturated carbocycles. The topological polar surface area (TPSA) is 75.2 Å². The van der Waals surface area contributed by atoms with E-state index in [1.807, 2.05) is 0 Å². The lowest BCUT2D eigenvalue weighted by Gasteiger charge is -2.04. The van der Waals surface area contributed by atoms with Crippen LogP contribution in [0.25, 0.3) is 10.8 Å². The molecule has 5 heteroatoms. The minimum atomic E-state index is -0.333. The van der Waals surface area contributed by atoms with Crippen molar-refractivity contribution in [2.75, 3.05) is 7.11 Å². The van der Waals surface area contributed by atoms with E-state index in [2.05, 4.69) is 10.2 Å². The van der Waals surface area contributed by atoms with Gasteiger partial charge in [0.05, 0.1) is 24.1 Å². The number of hydrogen-bond acceptors (Lipinski definition) is 4. The average molecular weight is 192 g/mol. The summed E-state index contributed by atoms with van der Waals surface area (Å²) in [5, 5.41) is 16.3. The lowest BCUT2D eigenvalue weighted by molar-refractivity contribution is 0.376. The summed E-state index contributed by atoms with van der Waals surface area (Å²) in [6.07, 6.45) is 1.38. The summed E-state index contributed by atoms with van der Waals surface area (Å²) in [6.45, 7) is 0. The number of benzene rings is 1. The first-order valence-corrected chi connectivity index (χ1v) is 3.97. The fourth-order valence-corrected chi connectivity index (χ4v) is 1.30. The zero-order valence-electron chi connectivity index (χ0n) is 7.44. The Morgan fingerprint density at radius 1 is 1.43 bits per heavy atom. The maximum atomic E-state index is 11.3. The molecule has 1 aromatic heterocycles. The third-order valence-corrected chi connectivity index (χ3v) is 2.00. The number of fused-ring (bicyclic) bond motifs is 1. The van der Waals surface area contributed by atoms with Crippen LogP contribution in [0.1, 0.15) is 0 Å². The van der Waals surface area contributed by atoms with Crippen LogP contribution in [-0.4, -0.2) is 22.4 Å². The van der Waals surface area contributed by atoms with E-state index in [1.165, 1.54) is 19.4 Å². The van der Waals surface area contributed by atoms with Crippen LogP contribution in [-0.2, 0) is 0 Å². The fraction of sp³-hybridized carbons (Fsp3) is 0.111. The predicted molar refractivity (Wildman–Crippen MR) is 50.6 cm³/mol. The number of phenols is 1. The van der Waals surface area contributed by atoms with Crippen molar-refractivity contribution in [3.63, 3.8) is 0 Å². The van der Waals surface area contributed by atoms with Crippen molar-refractivity contribution in [3.05, 3.63) is 28.7 Å². The number of nitrogens with zero attached hydrogens (tertiary/aromatic N) is 1. The highest BCUT2D eigenvalue weighted by Gasteiger charge is 2.08. The highest BCUT2D eigenvalue weighted by atomic mass is 16.5. The minimum absolute atomic E-state index is 0.0661. The second-order valence-electron chi connectivity index (χ2n) is 2.78. The zero-order chi connectivity index (χ0) is 10.1. The van der Waals surface area contributed by atoms with Gasteiger partial charge in [-0.15, -0.1) is 0 Å². The van der Waals surface area contributed by atoms with Gasteiger partial charge in [0.25, 0.3) is 5.56 Å². The van der Waals surface area contributed by atoms with Crippen LogP contribution in [0.4, 0.5) is 0 Å². The van der Waals surface area contributed by atoms with E-state index in [0.29, 0.717) is 16.5 Å². The largest absolute Gasteiger partial charge is 0.504 e. The van der Waals surface area contributed by atoms with Crippen LogP contribution >= 0.6 is 0 Å². The van der Waals surface area contributed by atoms with E-state index in [-0.39, 0.29) is 11.3 Å². The van der Waals surface area contributed by atoms with Crippen molar-refractivity contribution in [2.45, 2.75) is 0 Å². The van der Waals surface area contributed by atoms with Gasteiger partial charge in [0.2, 0.25) is 0 Å². The molecule has 0 amide bonds. The SMILES string of the molecule is COc1ccc2c(=O)[nH]ncc2c1O. The van der Waals surface area contributed by atoms with Gasteiger partial charge in [0, 0.05) is 0 Å². The molecule has 0 spiro atoms. The van der Waals surface area contributed by atoms with E-state index in [9.17, 15) is 9.90 Å². The number of aromatic hydroxyl groups is 1. The van der Waals surface area contributed by atoms with Crippen LogP contribution in [0.5, 0.6) is 11.5 Å². The molecule has 0 aliphatic rings. The first-order valence-electron chi connectivity index (χ1n) is 3.97. The molecule has 0 fully saturated rings. The number of aromatic nitrogens is 2. The Kier molecular flexibility index (Phi) is 1.85. The second-order valence-corrected chi connectivity index (χ2v) is 2.78. The van der Waals surface area contributed by atoms with E-state index in [1.54, 1.807) is 6.07 Å². The Labute approximate surface area is 79.0 Å². The second kappa shape index (κ2) is 3.02. The van der Waals surface area contributed by atoms with Gasteiger partial charge < -0.3 is 9.84 Å². The molecule has 2 rings (SSSR count). The molecular weight excluding hydrogens is 184 g/mol. The molecule has 1 aromatic carbocycles. The molecule has 0 unspecified atom stereocenters. The summed E-state index contributed by atoms with van der Waals surface area (Å²) in [5.41, 5.74) is -0.333. The third-order valence-electron chi connectivity index (χ3n) is 2.00. The smallest absolute Gasteiger partial charge is 0.272 e. The molecule has 0 radical (unpaired) electrons. The van der Waals surface area contributed by atoms with Gasteiger partial charge in [0.15, 0.2) is 11.5 Å². The summed E-state index contributed by atoms with van der Waals surface area (Å²) in [6, 6.07) is 3.11. The molecule has 0 atom stereocenters. The lowest BCUT2D eigenvalue weighted by atomic mass is 10.2. The Bertz CT molecular complexity index is 533. The van der Waals surface area contributed by atoms with Crippen molar-refractivity contribution in [1.29, 1.82) is 0 Å². The summed E-state index contributed by atoms with van der Waals surface area (Å²) in [7, 11) is 1.45. The number of H-pyrrole nitrogens is 1. The van der Waals surface area contributed by atoms with Gasteiger partial charge in [-0.05, 0) is 12.1 Å². The third kappa shape index (κ3) is 1.10. The Morgan fingerprint density at radius 2 is 2.21 bits per heavy atom. The number of phenolic OH excluding ortho intramolecular Hbond substituents is 1. The molecule has 5 nitrogen and oxygen atoms in total. The van der Waals surface area contributed by atoms with Gasteiger partial charge in [0.1, 0.15) is 0 Å². The summed E-state index contributed by atoms with van der Waals surface area (Å²) < 4.78 is 4.90. The van der Waals surface area contributed by atoms with Crippen molar-refractivity contribution in [2.24, 2.45) is 0 Å². The van der Waals surface area contributed by atoms with Crippen molar-refractivity contribution in [1.82, 2.24) is 10.2 Å². The van der Waals surface area contributed by atoms with E-state index >= 15 is 0 Å². The summed E-state index contributed by atoms with van der Waals surface area (Å²) in [4.78, 5) is 11.3. The molecule has 72 valence electrons. The maximum Gasteiger partial charge on any atom is 0.272 e. The standard InChI is InChI=1S/C9H8N2O3/c1-14-7-3-2-5-6(8(7)12)4-10-11-9(5)13/h2-4,12H,1H3,(H,11,13). The Balaban J connectivity index is 2.91. The van der Waals surface area contributed by atoms with Gasteiger partial charge in [-0.2, -0.15) is 5.10 Å². The number of nitrogens with one attached hydrogen (secondary N) is 1. The summed E-state index contributed by atoms with van der Waals surface area (Å²) >= 11 is 0. The van der Waals surface area contributed by atoms with E-state index < -0.39 is 0 Å². The number of methoxy groups -OCH3 is 1. The van der Waals surface area contributed by atoms with E-state index in [4.69, 9.17) is 4.74 Å². The first kappa shape index (κ1) is 8.55. The zero-order valence-corrected chi connectivity index (χ0v) is 7.44. The van der Waals surface area contributed by atoms with Crippen molar-refractivity contribution < 1.29 is 9.84 Å². The van der Waals surface area contributed by atoms with Crippen LogP contribution in [0.15, 0.2) is 23.1 Å². The predicted octanol–water partition coefficient (Wildman–Crippen LogP) is 0.637.